The molecule has 0 N–H and O–H groups in total. The molecule has 1 atom stereocenters. The van der Waals surface area contributed by atoms with Gasteiger partial charge in [0.05, 0.1) is 25.6 Å². The molecule has 8 heteroatoms. The van der Waals surface area contributed by atoms with Crippen LogP contribution in [-0.2, 0) is 14.3 Å². The van der Waals surface area contributed by atoms with E-state index in [2.05, 4.69) is 9.80 Å². The number of nitrogens with zero attached hydrogens (tertiary/aromatic N) is 3. The molecule has 1 aromatic carbocycles. The summed E-state index contributed by atoms with van der Waals surface area (Å²) in [7, 11) is 1.57. The third kappa shape index (κ3) is 5.19. The molecule has 2 aliphatic rings. The molecule has 7 nitrogen and oxygen atoms in total. The zero-order valence-electron chi connectivity index (χ0n) is 15.6. The van der Waals surface area contributed by atoms with Crippen LogP contribution in [0, 0.1) is 0 Å². The number of amides is 2. The van der Waals surface area contributed by atoms with Crippen LogP contribution < -0.4 is 4.74 Å². The summed E-state index contributed by atoms with van der Waals surface area (Å²) < 4.78 is 10.7. The maximum atomic E-state index is 12.5. The molecule has 1 aromatic rings. The summed E-state index contributed by atoms with van der Waals surface area (Å²) in [5.41, 5.74) is 0. The molecule has 2 fully saturated rings. The van der Waals surface area contributed by atoms with Crippen LogP contribution in [0.3, 0.4) is 0 Å². The molecular weight excluding hydrogens is 370 g/mol. The smallest absolute Gasteiger partial charge is 0.247 e. The van der Waals surface area contributed by atoms with Crippen molar-refractivity contribution in [3.05, 3.63) is 29.3 Å². The Hall–Kier alpha value is -1.67. The molecule has 0 radical (unpaired) electrons. The van der Waals surface area contributed by atoms with Gasteiger partial charge < -0.3 is 9.47 Å². The molecule has 2 aliphatic heterocycles. The van der Waals surface area contributed by atoms with Crippen molar-refractivity contribution in [3.63, 3.8) is 0 Å². The van der Waals surface area contributed by atoms with E-state index >= 15 is 0 Å². The molecule has 148 valence electrons. The average molecular weight is 396 g/mol. The molecule has 0 aromatic heterocycles. The minimum atomic E-state index is -0.318. The van der Waals surface area contributed by atoms with Crippen molar-refractivity contribution >= 4 is 23.4 Å². The summed E-state index contributed by atoms with van der Waals surface area (Å²) in [6, 6.07) is 7.02. The van der Waals surface area contributed by atoms with Gasteiger partial charge in [-0.05, 0) is 24.3 Å². The number of ether oxygens (including phenoxy) is 2. The normalized spacial score (nSPS) is 21.9. The van der Waals surface area contributed by atoms with Gasteiger partial charge in [-0.2, -0.15) is 0 Å². The first-order valence-corrected chi connectivity index (χ1v) is 9.64. The lowest BCUT2D eigenvalue weighted by Crippen LogP contribution is -2.53. The van der Waals surface area contributed by atoms with Gasteiger partial charge >= 0.3 is 0 Å². The number of likely N-dealkylation sites (tertiary alicyclic amines) is 1. The van der Waals surface area contributed by atoms with E-state index in [4.69, 9.17) is 21.1 Å². The zero-order chi connectivity index (χ0) is 19.2. The van der Waals surface area contributed by atoms with Crippen LogP contribution in [0.1, 0.15) is 6.42 Å². The van der Waals surface area contributed by atoms with Crippen LogP contribution in [0.2, 0.25) is 5.02 Å². The number of halogens is 1. The highest BCUT2D eigenvalue weighted by Crippen LogP contribution is 2.20. The number of hydrogen-bond acceptors (Lipinski definition) is 6. The summed E-state index contributed by atoms with van der Waals surface area (Å²) in [4.78, 5) is 30.4. The number of carbonyl (C=O) groups excluding carboxylic acids is 2. The van der Waals surface area contributed by atoms with Gasteiger partial charge in [-0.1, -0.05) is 11.6 Å². The minimum Gasteiger partial charge on any atom is -0.492 e. The van der Waals surface area contributed by atoms with Crippen molar-refractivity contribution in [1.29, 1.82) is 0 Å². The topological polar surface area (TPSA) is 62.3 Å². The summed E-state index contributed by atoms with van der Waals surface area (Å²) in [6.07, 6.45) is 0.280. The van der Waals surface area contributed by atoms with Crippen molar-refractivity contribution in [2.75, 3.05) is 59.6 Å². The van der Waals surface area contributed by atoms with Crippen molar-refractivity contribution < 1.29 is 19.1 Å². The second-order valence-corrected chi connectivity index (χ2v) is 7.21. The monoisotopic (exact) mass is 395 g/mol. The molecule has 1 unspecified atom stereocenters. The number of carbonyl (C=O) groups is 2. The second kappa shape index (κ2) is 9.50. The van der Waals surface area contributed by atoms with E-state index in [-0.39, 0.29) is 24.3 Å². The number of hydrogen-bond donors (Lipinski definition) is 0. The number of rotatable bonds is 8. The van der Waals surface area contributed by atoms with E-state index in [0.717, 1.165) is 38.5 Å². The molecule has 0 spiro atoms. The Kier molecular flexibility index (Phi) is 7.07. The Balaban J connectivity index is 1.40. The summed E-state index contributed by atoms with van der Waals surface area (Å²) in [5.74, 6) is 0.627. The first-order valence-electron chi connectivity index (χ1n) is 9.26. The molecule has 0 bridgehead atoms. The Labute approximate surface area is 164 Å². The van der Waals surface area contributed by atoms with Gasteiger partial charge in [0, 0.05) is 44.9 Å². The third-order valence-electron chi connectivity index (χ3n) is 5.08. The fraction of sp³-hybridized carbons (Fsp3) is 0.579. The maximum absolute atomic E-state index is 12.5. The fourth-order valence-corrected chi connectivity index (χ4v) is 3.62. The quantitative estimate of drug-likeness (QED) is 0.614. The van der Waals surface area contributed by atoms with E-state index in [1.807, 2.05) is 24.3 Å². The van der Waals surface area contributed by atoms with Gasteiger partial charge in [-0.15, -0.1) is 0 Å². The molecular formula is C19H26ClN3O4. The SMILES string of the molecule is COCCN1C(=O)CC(N2CCN(CCOc3ccc(Cl)cc3)CC2)C1=O. The van der Waals surface area contributed by atoms with Crippen LogP contribution in [-0.4, -0.2) is 92.1 Å². The van der Waals surface area contributed by atoms with E-state index < -0.39 is 0 Å². The van der Waals surface area contributed by atoms with Crippen molar-refractivity contribution in [3.8, 4) is 5.75 Å². The highest BCUT2D eigenvalue weighted by molar-refractivity contribution is 6.30. The fourth-order valence-electron chi connectivity index (χ4n) is 3.49. The molecule has 0 aliphatic carbocycles. The first kappa shape index (κ1) is 20.1. The van der Waals surface area contributed by atoms with Crippen molar-refractivity contribution in [1.82, 2.24) is 14.7 Å². The van der Waals surface area contributed by atoms with Crippen molar-refractivity contribution in [2.45, 2.75) is 12.5 Å². The Bertz CT molecular complexity index is 647. The minimum absolute atomic E-state index is 0.0865. The van der Waals surface area contributed by atoms with E-state index in [0.29, 0.717) is 24.8 Å². The van der Waals surface area contributed by atoms with E-state index in [1.165, 1.54) is 4.90 Å². The molecule has 27 heavy (non-hydrogen) atoms. The third-order valence-corrected chi connectivity index (χ3v) is 5.33. The lowest BCUT2D eigenvalue weighted by Gasteiger charge is -2.36. The number of imide groups is 1. The molecule has 2 heterocycles. The predicted octanol–water partition coefficient (Wildman–Crippen LogP) is 1.11. The van der Waals surface area contributed by atoms with Crippen LogP contribution in [0.25, 0.3) is 0 Å². The van der Waals surface area contributed by atoms with Crippen LogP contribution >= 0.6 is 11.6 Å². The van der Waals surface area contributed by atoms with Gasteiger partial charge in [0.2, 0.25) is 11.8 Å². The highest BCUT2D eigenvalue weighted by Gasteiger charge is 2.42. The molecule has 2 amide bonds. The Morgan fingerprint density at radius 2 is 1.74 bits per heavy atom. The molecule has 3 rings (SSSR count). The largest absolute Gasteiger partial charge is 0.492 e. The van der Waals surface area contributed by atoms with E-state index in [1.54, 1.807) is 7.11 Å². The predicted molar refractivity (Wildman–Crippen MR) is 102 cm³/mol. The lowest BCUT2D eigenvalue weighted by molar-refractivity contribution is -0.140. The van der Waals surface area contributed by atoms with Gasteiger partial charge in [0.15, 0.2) is 0 Å². The van der Waals surface area contributed by atoms with Crippen LogP contribution in [0.5, 0.6) is 5.75 Å². The average Bonchev–Trinajstić information content (AvgIpc) is 2.96. The van der Waals surface area contributed by atoms with Gasteiger partial charge in [0.1, 0.15) is 12.4 Å². The zero-order valence-corrected chi connectivity index (χ0v) is 16.4. The number of piperazine rings is 1. The Morgan fingerprint density at radius 1 is 1.04 bits per heavy atom. The molecule has 0 saturated carbocycles. The highest BCUT2D eigenvalue weighted by atomic mass is 35.5. The van der Waals surface area contributed by atoms with E-state index in [9.17, 15) is 9.59 Å². The van der Waals surface area contributed by atoms with Gasteiger partial charge in [0.25, 0.3) is 0 Å². The summed E-state index contributed by atoms with van der Waals surface area (Å²) >= 11 is 5.87. The van der Waals surface area contributed by atoms with Crippen LogP contribution in [0.4, 0.5) is 0 Å². The molecule has 2 saturated heterocycles. The maximum Gasteiger partial charge on any atom is 0.247 e. The van der Waals surface area contributed by atoms with Gasteiger partial charge in [-0.25, -0.2) is 0 Å². The standard InChI is InChI=1S/C19H26ClN3O4/c1-26-12-11-23-18(24)14-17(19(23)25)22-8-6-21(7-9-22)10-13-27-16-4-2-15(20)3-5-16/h2-5,17H,6-14H2,1H3. The van der Waals surface area contributed by atoms with Gasteiger partial charge in [-0.3, -0.25) is 24.3 Å². The lowest BCUT2D eigenvalue weighted by atomic mass is 10.2. The van der Waals surface area contributed by atoms with Crippen molar-refractivity contribution in [2.24, 2.45) is 0 Å². The summed E-state index contributed by atoms with van der Waals surface area (Å²) in [6.45, 7) is 5.44. The first-order chi connectivity index (χ1) is 13.1. The van der Waals surface area contributed by atoms with Crippen LogP contribution in [0.15, 0.2) is 24.3 Å². The summed E-state index contributed by atoms with van der Waals surface area (Å²) in [5, 5.41) is 0.694. The Morgan fingerprint density at radius 3 is 2.41 bits per heavy atom. The number of benzene rings is 1. The second-order valence-electron chi connectivity index (χ2n) is 6.78. The number of methoxy groups -OCH3 is 1.